The summed E-state index contributed by atoms with van der Waals surface area (Å²) in [6, 6.07) is 5.18. The lowest BCUT2D eigenvalue weighted by Crippen LogP contribution is -2.18. The number of aryl methyl sites for hydroxylation is 1. The number of benzene rings is 1. The summed E-state index contributed by atoms with van der Waals surface area (Å²) in [7, 11) is 0. The van der Waals surface area contributed by atoms with E-state index in [1.807, 2.05) is 6.92 Å². The molecule has 88 valence electrons. The van der Waals surface area contributed by atoms with Gasteiger partial charge in [0.25, 0.3) is 0 Å². The van der Waals surface area contributed by atoms with Gasteiger partial charge in [-0.05, 0) is 38.3 Å². The number of hydrogen-bond donors (Lipinski definition) is 0. The fourth-order valence-corrected chi connectivity index (χ4v) is 1.92. The van der Waals surface area contributed by atoms with Gasteiger partial charge in [-0.15, -0.1) is 0 Å². The molecule has 0 N–H and O–H groups in total. The third-order valence-electron chi connectivity index (χ3n) is 2.90. The Morgan fingerprint density at radius 2 is 2.25 bits per heavy atom. The first kappa shape index (κ1) is 11.4. The van der Waals surface area contributed by atoms with Crippen LogP contribution in [0.1, 0.15) is 25.3 Å². The maximum atomic E-state index is 13.6. The largest absolute Gasteiger partial charge is 0.488 e. The topological polar surface area (TPSA) is 18.5 Å². The van der Waals surface area contributed by atoms with Crippen molar-refractivity contribution in [2.45, 2.75) is 38.9 Å². The van der Waals surface area contributed by atoms with Crippen LogP contribution in [0.5, 0.6) is 5.75 Å². The Balaban J connectivity index is 1.92. The van der Waals surface area contributed by atoms with E-state index >= 15 is 0 Å². The molecule has 1 aliphatic rings. The average molecular weight is 224 g/mol. The van der Waals surface area contributed by atoms with Gasteiger partial charge in [-0.2, -0.15) is 0 Å². The lowest BCUT2D eigenvalue weighted by Gasteiger charge is -2.13. The summed E-state index contributed by atoms with van der Waals surface area (Å²) in [5.41, 5.74) is 0.609. The zero-order valence-electron chi connectivity index (χ0n) is 9.70. The lowest BCUT2D eigenvalue weighted by atomic mass is 10.2. The van der Waals surface area contributed by atoms with Gasteiger partial charge in [-0.25, -0.2) is 4.39 Å². The molecule has 1 fully saturated rings. The molecule has 2 nitrogen and oxygen atoms in total. The molecule has 2 atom stereocenters. The van der Waals surface area contributed by atoms with E-state index in [1.165, 1.54) is 0 Å². The highest BCUT2D eigenvalue weighted by molar-refractivity contribution is 5.30. The SMILES string of the molecule is Cc1cccc(OCC2CCC(C)O2)c1F. The van der Waals surface area contributed by atoms with Crippen molar-refractivity contribution in [2.75, 3.05) is 6.61 Å². The van der Waals surface area contributed by atoms with Crippen molar-refractivity contribution in [2.24, 2.45) is 0 Å². The van der Waals surface area contributed by atoms with Crippen LogP contribution in [0.3, 0.4) is 0 Å². The molecule has 0 amide bonds. The van der Waals surface area contributed by atoms with Gasteiger partial charge >= 0.3 is 0 Å². The molecule has 3 heteroatoms. The predicted octanol–water partition coefficient (Wildman–Crippen LogP) is 3.08. The second kappa shape index (κ2) is 4.83. The van der Waals surface area contributed by atoms with Crippen molar-refractivity contribution in [3.8, 4) is 5.75 Å². The number of rotatable bonds is 3. The highest BCUT2D eigenvalue weighted by atomic mass is 19.1. The highest BCUT2D eigenvalue weighted by Crippen LogP contribution is 2.23. The Hall–Kier alpha value is -1.09. The van der Waals surface area contributed by atoms with Crippen LogP contribution in [0.2, 0.25) is 0 Å². The molecule has 1 aromatic carbocycles. The van der Waals surface area contributed by atoms with Crippen LogP contribution in [-0.2, 0) is 4.74 Å². The lowest BCUT2D eigenvalue weighted by molar-refractivity contribution is 0.0256. The smallest absolute Gasteiger partial charge is 0.167 e. The van der Waals surface area contributed by atoms with E-state index in [4.69, 9.17) is 9.47 Å². The fraction of sp³-hybridized carbons (Fsp3) is 0.538. The minimum atomic E-state index is -0.270. The van der Waals surface area contributed by atoms with Gasteiger partial charge in [0, 0.05) is 0 Å². The summed E-state index contributed by atoms with van der Waals surface area (Å²) in [6.45, 7) is 4.22. The molecule has 1 heterocycles. The average Bonchev–Trinajstić information content (AvgIpc) is 2.67. The molecule has 0 spiro atoms. The molecule has 0 bridgehead atoms. The van der Waals surface area contributed by atoms with Crippen molar-refractivity contribution >= 4 is 0 Å². The summed E-state index contributed by atoms with van der Waals surface area (Å²) in [5, 5.41) is 0. The van der Waals surface area contributed by atoms with Crippen LogP contribution < -0.4 is 4.74 Å². The molecular formula is C13H17FO2. The molecule has 2 rings (SSSR count). The van der Waals surface area contributed by atoms with Crippen LogP contribution in [-0.4, -0.2) is 18.8 Å². The molecular weight excluding hydrogens is 207 g/mol. The number of halogens is 1. The zero-order valence-corrected chi connectivity index (χ0v) is 9.70. The highest BCUT2D eigenvalue weighted by Gasteiger charge is 2.22. The van der Waals surface area contributed by atoms with Crippen LogP contribution >= 0.6 is 0 Å². The second-order valence-corrected chi connectivity index (χ2v) is 4.34. The molecule has 1 aliphatic heterocycles. The third kappa shape index (κ3) is 2.53. The van der Waals surface area contributed by atoms with Gasteiger partial charge in [-0.1, -0.05) is 12.1 Å². The van der Waals surface area contributed by atoms with Gasteiger partial charge in [-0.3, -0.25) is 0 Å². The molecule has 0 saturated carbocycles. The minimum absolute atomic E-state index is 0.106. The van der Waals surface area contributed by atoms with Crippen molar-refractivity contribution in [1.82, 2.24) is 0 Å². The van der Waals surface area contributed by atoms with E-state index in [0.717, 1.165) is 12.8 Å². The first-order valence-electron chi connectivity index (χ1n) is 5.70. The predicted molar refractivity (Wildman–Crippen MR) is 60.2 cm³/mol. The Bertz CT molecular complexity index is 365. The molecule has 1 saturated heterocycles. The second-order valence-electron chi connectivity index (χ2n) is 4.34. The summed E-state index contributed by atoms with van der Waals surface area (Å²) in [5.74, 6) is 0.0525. The van der Waals surface area contributed by atoms with E-state index in [2.05, 4.69) is 0 Å². The summed E-state index contributed by atoms with van der Waals surface area (Å²) >= 11 is 0. The fourth-order valence-electron chi connectivity index (χ4n) is 1.92. The molecule has 0 radical (unpaired) electrons. The standard InChI is InChI=1S/C13H17FO2/c1-9-4-3-5-12(13(9)14)15-8-11-7-6-10(2)16-11/h3-5,10-11H,6-8H2,1-2H3. The van der Waals surface area contributed by atoms with Gasteiger partial charge < -0.3 is 9.47 Å². The summed E-state index contributed by atoms with van der Waals surface area (Å²) in [6.07, 6.45) is 2.46. The Kier molecular flexibility index (Phi) is 3.44. The molecule has 1 aromatic rings. The normalized spacial score (nSPS) is 24.7. The number of hydrogen-bond acceptors (Lipinski definition) is 2. The minimum Gasteiger partial charge on any atom is -0.488 e. The maximum Gasteiger partial charge on any atom is 0.167 e. The summed E-state index contributed by atoms with van der Waals surface area (Å²) < 4.78 is 24.6. The Morgan fingerprint density at radius 1 is 1.44 bits per heavy atom. The molecule has 2 unspecified atom stereocenters. The van der Waals surface area contributed by atoms with Crippen LogP contribution in [0.15, 0.2) is 18.2 Å². The first-order chi connectivity index (χ1) is 7.66. The van der Waals surface area contributed by atoms with E-state index < -0.39 is 0 Å². The molecule has 16 heavy (non-hydrogen) atoms. The van der Waals surface area contributed by atoms with Gasteiger partial charge in [0.1, 0.15) is 6.61 Å². The van der Waals surface area contributed by atoms with Crippen molar-refractivity contribution in [1.29, 1.82) is 0 Å². The van der Waals surface area contributed by atoms with E-state index in [1.54, 1.807) is 25.1 Å². The first-order valence-corrected chi connectivity index (χ1v) is 5.70. The van der Waals surface area contributed by atoms with Gasteiger partial charge in [0.15, 0.2) is 11.6 Å². The zero-order chi connectivity index (χ0) is 11.5. The van der Waals surface area contributed by atoms with E-state index in [-0.39, 0.29) is 11.9 Å². The number of ether oxygens (including phenoxy) is 2. The maximum absolute atomic E-state index is 13.6. The van der Waals surface area contributed by atoms with E-state index in [0.29, 0.717) is 24.0 Å². The Labute approximate surface area is 95.4 Å². The summed E-state index contributed by atoms with van der Waals surface area (Å²) in [4.78, 5) is 0. The molecule has 0 aliphatic carbocycles. The van der Waals surface area contributed by atoms with Crippen LogP contribution in [0.25, 0.3) is 0 Å². The quantitative estimate of drug-likeness (QED) is 0.785. The Morgan fingerprint density at radius 3 is 2.94 bits per heavy atom. The molecule has 0 aromatic heterocycles. The van der Waals surface area contributed by atoms with Crippen LogP contribution in [0.4, 0.5) is 4.39 Å². The monoisotopic (exact) mass is 224 g/mol. The van der Waals surface area contributed by atoms with Gasteiger partial charge in [0.2, 0.25) is 0 Å². The van der Waals surface area contributed by atoms with Gasteiger partial charge in [0.05, 0.1) is 12.2 Å². The van der Waals surface area contributed by atoms with Crippen molar-refractivity contribution in [3.05, 3.63) is 29.6 Å². The van der Waals surface area contributed by atoms with E-state index in [9.17, 15) is 4.39 Å². The van der Waals surface area contributed by atoms with Crippen LogP contribution in [0, 0.1) is 12.7 Å². The third-order valence-corrected chi connectivity index (χ3v) is 2.90. The van der Waals surface area contributed by atoms with Crippen molar-refractivity contribution in [3.63, 3.8) is 0 Å². The van der Waals surface area contributed by atoms with Crippen molar-refractivity contribution < 1.29 is 13.9 Å².